The van der Waals surface area contributed by atoms with E-state index in [1.807, 2.05) is 55.5 Å². The molecule has 6 heteroatoms. The summed E-state index contributed by atoms with van der Waals surface area (Å²) in [5, 5.41) is 5.54. The van der Waals surface area contributed by atoms with Crippen molar-refractivity contribution in [2.24, 2.45) is 10.9 Å². The number of benzene rings is 2. The van der Waals surface area contributed by atoms with Crippen LogP contribution in [0.4, 0.5) is 16.2 Å². The average molecular weight is 376 g/mol. The summed E-state index contributed by atoms with van der Waals surface area (Å²) in [6.07, 6.45) is 2.35. The molecule has 1 saturated carbocycles. The third-order valence-corrected chi connectivity index (χ3v) is 5.41. The summed E-state index contributed by atoms with van der Waals surface area (Å²) < 4.78 is 0. The van der Waals surface area contributed by atoms with Crippen molar-refractivity contribution in [2.45, 2.75) is 32.4 Å². The zero-order chi connectivity index (χ0) is 19.7. The van der Waals surface area contributed by atoms with Crippen LogP contribution >= 0.6 is 0 Å². The number of hydrogen-bond donors (Lipinski definition) is 2. The fraction of sp³-hybridized carbons (Fsp3) is 0.318. The summed E-state index contributed by atoms with van der Waals surface area (Å²) >= 11 is 0. The lowest BCUT2D eigenvalue weighted by molar-refractivity contribution is -0.119. The first-order valence-electron chi connectivity index (χ1n) is 9.62. The van der Waals surface area contributed by atoms with Gasteiger partial charge in [0.25, 0.3) is 5.91 Å². The molecule has 2 aromatic rings. The molecule has 0 spiro atoms. The first kappa shape index (κ1) is 18.2. The van der Waals surface area contributed by atoms with Crippen LogP contribution in [0.3, 0.4) is 0 Å². The molecule has 0 unspecified atom stereocenters. The van der Waals surface area contributed by atoms with Crippen molar-refractivity contribution in [2.75, 3.05) is 17.3 Å². The molecule has 2 aromatic carbocycles. The van der Waals surface area contributed by atoms with Crippen LogP contribution in [0.2, 0.25) is 0 Å². The molecule has 0 bridgehead atoms. The Labute approximate surface area is 164 Å². The number of carbonyl (C=O) groups is 2. The number of benzodiazepines with no additional fused rings is 1. The monoisotopic (exact) mass is 376 g/mol. The van der Waals surface area contributed by atoms with Crippen LogP contribution in [0.15, 0.2) is 53.5 Å². The van der Waals surface area contributed by atoms with E-state index in [9.17, 15) is 9.59 Å². The van der Waals surface area contributed by atoms with Gasteiger partial charge in [0.15, 0.2) is 0 Å². The number of fused-ring (bicyclic) bond motifs is 1. The van der Waals surface area contributed by atoms with E-state index < -0.39 is 12.2 Å². The molecule has 6 nitrogen and oxygen atoms in total. The highest BCUT2D eigenvalue weighted by Crippen LogP contribution is 2.35. The van der Waals surface area contributed by atoms with E-state index in [1.165, 1.54) is 6.42 Å². The lowest BCUT2D eigenvalue weighted by atomic mass is 9.79. The Morgan fingerprint density at radius 3 is 2.64 bits per heavy atom. The van der Waals surface area contributed by atoms with E-state index in [0.29, 0.717) is 11.6 Å². The molecular formula is C22H24N4O2. The highest BCUT2D eigenvalue weighted by atomic mass is 16.2. The van der Waals surface area contributed by atoms with Crippen LogP contribution in [0.5, 0.6) is 0 Å². The third-order valence-electron chi connectivity index (χ3n) is 5.41. The molecule has 3 amide bonds. The zero-order valence-corrected chi connectivity index (χ0v) is 16.1. The van der Waals surface area contributed by atoms with Gasteiger partial charge in [0.1, 0.15) is 0 Å². The molecule has 0 radical (unpaired) electrons. The van der Waals surface area contributed by atoms with E-state index >= 15 is 0 Å². The third kappa shape index (κ3) is 3.50. The van der Waals surface area contributed by atoms with Gasteiger partial charge < -0.3 is 15.5 Å². The maximum atomic E-state index is 13.0. The molecule has 1 aliphatic heterocycles. The number of hydrogen-bond acceptors (Lipinski definition) is 3. The van der Waals surface area contributed by atoms with Crippen molar-refractivity contribution in [3.05, 3.63) is 59.7 Å². The second kappa shape index (κ2) is 7.46. The summed E-state index contributed by atoms with van der Waals surface area (Å²) in [5.74, 6) is 0.0887. The van der Waals surface area contributed by atoms with Gasteiger partial charge in [0.2, 0.25) is 6.17 Å². The van der Waals surface area contributed by atoms with Crippen LogP contribution in [0.1, 0.15) is 30.4 Å². The molecule has 0 aromatic heterocycles. The number of rotatable bonds is 3. The molecule has 28 heavy (non-hydrogen) atoms. The highest BCUT2D eigenvalue weighted by Gasteiger charge is 2.34. The van der Waals surface area contributed by atoms with Crippen LogP contribution in [0, 0.1) is 12.8 Å². The molecule has 1 heterocycles. The first-order chi connectivity index (χ1) is 13.5. The Hall–Kier alpha value is -3.15. The smallest absolute Gasteiger partial charge is 0.311 e. The van der Waals surface area contributed by atoms with Crippen molar-refractivity contribution in [1.82, 2.24) is 5.32 Å². The second-order valence-corrected chi connectivity index (χ2v) is 7.43. The van der Waals surface area contributed by atoms with Crippen LogP contribution in [0.25, 0.3) is 0 Å². The molecule has 1 atom stereocenters. The number of para-hydroxylation sites is 1. The van der Waals surface area contributed by atoms with E-state index in [0.717, 1.165) is 35.4 Å². The Morgan fingerprint density at radius 2 is 1.93 bits per heavy atom. The number of anilines is 2. The van der Waals surface area contributed by atoms with Gasteiger partial charge in [0, 0.05) is 24.2 Å². The van der Waals surface area contributed by atoms with Gasteiger partial charge in [-0.05, 0) is 43.5 Å². The van der Waals surface area contributed by atoms with Gasteiger partial charge in [-0.15, -0.1) is 0 Å². The summed E-state index contributed by atoms with van der Waals surface area (Å²) in [6, 6.07) is 14.9. The molecule has 0 saturated heterocycles. The van der Waals surface area contributed by atoms with E-state index in [-0.39, 0.29) is 5.91 Å². The van der Waals surface area contributed by atoms with Crippen LogP contribution < -0.4 is 15.5 Å². The summed E-state index contributed by atoms with van der Waals surface area (Å²) in [5.41, 5.74) is 4.45. The number of carbonyl (C=O) groups excluding carboxylic acids is 2. The quantitative estimate of drug-likeness (QED) is 0.857. The summed E-state index contributed by atoms with van der Waals surface area (Å²) in [7, 11) is 1.73. The molecule has 144 valence electrons. The van der Waals surface area contributed by atoms with Crippen molar-refractivity contribution >= 4 is 29.0 Å². The van der Waals surface area contributed by atoms with Gasteiger partial charge in [-0.3, -0.25) is 9.79 Å². The fourth-order valence-corrected chi connectivity index (χ4v) is 3.66. The number of aryl methyl sites for hydroxylation is 1. The Bertz CT molecular complexity index is 949. The number of likely N-dealkylation sites (N-methyl/N-ethyl adjacent to an activating group) is 1. The van der Waals surface area contributed by atoms with Crippen molar-refractivity contribution in [3.63, 3.8) is 0 Å². The maximum Gasteiger partial charge on any atom is 0.321 e. The van der Waals surface area contributed by atoms with Crippen molar-refractivity contribution in [1.29, 1.82) is 0 Å². The van der Waals surface area contributed by atoms with Gasteiger partial charge >= 0.3 is 6.03 Å². The lowest BCUT2D eigenvalue weighted by Crippen LogP contribution is -2.47. The number of amides is 3. The minimum atomic E-state index is -0.946. The van der Waals surface area contributed by atoms with E-state index in [1.54, 1.807) is 11.9 Å². The first-order valence-corrected chi connectivity index (χ1v) is 9.62. The summed E-state index contributed by atoms with van der Waals surface area (Å²) in [6.45, 7) is 1.96. The van der Waals surface area contributed by atoms with E-state index in [4.69, 9.17) is 4.99 Å². The minimum absolute atomic E-state index is 0.249. The molecular weight excluding hydrogens is 352 g/mol. The SMILES string of the molecule is Cc1cccc(NC(=O)N[C@@H]2N=C(C3CCC3)c3ccccc3N(C)C2=O)c1. The Morgan fingerprint density at radius 1 is 1.14 bits per heavy atom. The van der Waals surface area contributed by atoms with Gasteiger partial charge in [-0.2, -0.15) is 0 Å². The lowest BCUT2D eigenvalue weighted by Gasteiger charge is -2.28. The molecule has 1 aliphatic carbocycles. The number of urea groups is 1. The largest absolute Gasteiger partial charge is 0.321 e. The highest BCUT2D eigenvalue weighted by molar-refractivity contribution is 6.14. The van der Waals surface area contributed by atoms with Gasteiger partial charge in [0.05, 0.1) is 11.4 Å². The maximum absolute atomic E-state index is 13.0. The standard InChI is InChI=1S/C22H24N4O2/c1-14-7-5-10-16(13-14)23-22(28)25-20-21(27)26(2)18-12-4-3-11-17(18)19(24-20)15-8-6-9-15/h3-5,7,10-13,15,20H,6,8-9H2,1-2H3,(H2,23,25,28)/t20-/m0/s1. The van der Waals surface area contributed by atoms with Crippen molar-refractivity contribution < 1.29 is 9.59 Å². The fourth-order valence-electron chi connectivity index (χ4n) is 3.66. The zero-order valence-electron chi connectivity index (χ0n) is 16.1. The van der Waals surface area contributed by atoms with Gasteiger partial charge in [-0.25, -0.2) is 4.79 Å². The molecule has 1 fully saturated rings. The average Bonchev–Trinajstić information content (AvgIpc) is 2.72. The normalized spacial score (nSPS) is 19.2. The molecule has 2 N–H and O–H groups in total. The van der Waals surface area contributed by atoms with Crippen LogP contribution in [-0.2, 0) is 4.79 Å². The minimum Gasteiger partial charge on any atom is -0.311 e. The number of aliphatic imine (C=N–C) groups is 1. The molecule has 2 aliphatic rings. The predicted octanol–water partition coefficient (Wildman–Crippen LogP) is 3.71. The van der Waals surface area contributed by atoms with Crippen LogP contribution in [-0.4, -0.2) is 30.9 Å². The Kier molecular flexibility index (Phi) is 4.86. The molecule has 4 rings (SSSR count). The number of nitrogens with zero attached hydrogens (tertiary/aromatic N) is 2. The Balaban J connectivity index is 1.61. The summed E-state index contributed by atoms with van der Waals surface area (Å²) in [4.78, 5) is 31.8. The number of nitrogens with one attached hydrogen (secondary N) is 2. The second-order valence-electron chi connectivity index (χ2n) is 7.43. The topological polar surface area (TPSA) is 73.8 Å². The van der Waals surface area contributed by atoms with Gasteiger partial charge in [-0.1, -0.05) is 36.8 Å². The van der Waals surface area contributed by atoms with Crippen molar-refractivity contribution in [3.8, 4) is 0 Å². The van der Waals surface area contributed by atoms with E-state index in [2.05, 4.69) is 10.6 Å². The predicted molar refractivity (Wildman–Crippen MR) is 111 cm³/mol.